The number of amides is 1. The van der Waals surface area contributed by atoms with Gasteiger partial charge in [0, 0.05) is 36.0 Å². The van der Waals surface area contributed by atoms with E-state index in [-0.39, 0.29) is 29.9 Å². The zero-order valence-corrected chi connectivity index (χ0v) is 19.2. The molecule has 2 heterocycles. The number of carbonyl (C=O) groups is 1. The lowest BCUT2D eigenvalue weighted by molar-refractivity contribution is 0.0925. The summed E-state index contributed by atoms with van der Waals surface area (Å²) >= 11 is 1.77. The van der Waals surface area contributed by atoms with Crippen molar-refractivity contribution < 1.29 is 9.21 Å². The van der Waals surface area contributed by atoms with Crippen LogP contribution >= 0.6 is 35.3 Å². The summed E-state index contributed by atoms with van der Waals surface area (Å²) in [6.07, 6.45) is 2.33. The molecule has 0 spiro atoms. The van der Waals surface area contributed by atoms with Gasteiger partial charge in [-0.3, -0.25) is 9.79 Å². The minimum atomic E-state index is -0.169. The Labute approximate surface area is 182 Å². The number of hydrogen-bond donors (Lipinski definition) is 3. The molecule has 27 heavy (non-hydrogen) atoms. The van der Waals surface area contributed by atoms with Gasteiger partial charge in [0.05, 0.1) is 12.8 Å². The number of nitrogens with zero attached hydrogens (tertiary/aromatic N) is 1. The molecule has 0 radical (unpaired) electrons. The fourth-order valence-electron chi connectivity index (χ4n) is 2.41. The molecule has 3 N–H and O–H groups in total. The number of furan rings is 1. The summed E-state index contributed by atoms with van der Waals surface area (Å²) < 4.78 is 5.18. The molecule has 0 aliphatic carbocycles. The van der Waals surface area contributed by atoms with E-state index in [1.807, 2.05) is 13.8 Å². The van der Waals surface area contributed by atoms with Crippen LogP contribution in [0.3, 0.4) is 0 Å². The van der Waals surface area contributed by atoms with Crippen molar-refractivity contribution in [3.63, 3.8) is 0 Å². The number of hydrogen-bond acceptors (Lipinski definition) is 4. The van der Waals surface area contributed by atoms with Crippen LogP contribution in [-0.4, -0.2) is 38.0 Å². The number of carbonyl (C=O) groups excluding carboxylic acids is 1. The second-order valence-electron chi connectivity index (χ2n) is 6.11. The molecule has 0 aromatic carbocycles. The van der Waals surface area contributed by atoms with Crippen LogP contribution in [0.1, 0.15) is 47.2 Å². The summed E-state index contributed by atoms with van der Waals surface area (Å²) in [6.45, 7) is 8.96. The number of thiophene rings is 1. The highest BCUT2D eigenvalue weighted by Crippen LogP contribution is 2.20. The van der Waals surface area contributed by atoms with Crippen LogP contribution in [0.15, 0.2) is 39.3 Å². The maximum atomic E-state index is 12.0. The number of rotatable bonds is 9. The smallest absolute Gasteiger partial charge is 0.287 e. The Kier molecular flexibility index (Phi) is 11.1. The van der Waals surface area contributed by atoms with Gasteiger partial charge in [-0.1, -0.05) is 13.0 Å². The Hall–Kier alpha value is -1.55. The summed E-state index contributed by atoms with van der Waals surface area (Å²) in [4.78, 5) is 18.0. The molecule has 0 fully saturated rings. The summed E-state index contributed by atoms with van der Waals surface area (Å²) in [5.41, 5.74) is 0.849. The van der Waals surface area contributed by atoms with E-state index in [4.69, 9.17) is 4.42 Å². The molecule has 2 aromatic rings. The summed E-state index contributed by atoms with van der Waals surface area (Å²) in [6, 6.07) is 6.00. The van der Waals surface area contributed by atoms with Crippen molar-refractivity contribution in [1.82, 2.24) is 16.0 Å². The van der Waals surface area contributed by atoms with Gasteiger partial charge in [0.15, 0.2) is 11.7 Å². The Bertz CT molecular complexity index is 700. The largest absolute Gasteiger partial charge is 0.459 e. The molecule has 0 saturated carbocycles. The first kappa shape index (κ1) is 23.5. The minimum Gasteiger partial charge on any atom is -0.459 e. The third kappa shape index (κ3) is 7.92. The quantitative estimate of drug-likeness (QED) is 0.211. The monoisotopic (exact) mass is 504 g/mol. The Morgan fingerprint density at radius 1 is 1.26 bits per heavy atom. The van der Waals surface area contributed by atoms with E-state index in [1.165, 1.54) is 11.1 Å². The fraction of sp³-hybridized carbons (Fsp3) is 0.474. The van der Waals surface area contributed by atoms with Gasteiger partial charge < -0.3 is 20.4 Å². The fourth-order valence-corrected chi connectivity index (χ4v) is 3.19. The summed E-state index contributed by atoms with van der Waals surface area (Å²) in [7, 11) is 0. The van der Waals surface area contributed by atoms with Crippen molar-refractivity contribution >= 4 is 47.2 Å². The molecule has 0 bridgehead atoms. The summed E-state index contributed by atoms with van der Waals surface area (Å²) in [5, 5.41) is 11.5. The molecular weight excluding hydrogens is 475 g/mol. The van der Waals surface area contributed by atoms with Crippen molar-refractivity contribution in [3.05, 3.63) is 46.0 Å². The average molecular weight is 504 g/mol. The van der Waals surface area contributed by atoms with Crippen molar-refractivity contribution in [2.24, 2.45) is 4.99 Å². The highest BCUT2D eigenvalue weighted by molar-refractivity contribution is 14.0. The Balaban J connectivity index is 0.00000364. The maximum absolute atomic E-state index is 12.0. The van der Waals surface area contributed by atoms with Gasteiger partial charge in [0.2, 0.25) is 0 Å². The van der Waals surface area contributed by atoms with Gasteiger partial charge in [-0.15, -0.1) is 35.3 Å². The van der Waals surface area contributed by atoms with Gasteiger partial charge in [-0.2, -0.15) is 0 Å². The highest BCUT2D eigenvalue weighted by atomic mass is 127. The van der Waals surface area contributed by atoms with Gasteiger partial charge >= 0.3 is 0 Å². The molecule has 6 nitrogen and oxygen atoms in total. The second-order valence-corrected chi connectivity index (χ2v) is 7.08. The van der Waals surface area contributed by atoms with Gasteiger partial charge in [0.25, 0.3) is 5.91 Å². The predicted molar refractivity (Wildman–Crippen MR) is 123 cm³/mol. The topological polar surface area (TPSA) is 78.7 Å². The lowest BCUT2D eigenvalue weighted by Gasteiger charge is -2.13. The lowest BCUT2D eigenvalue weighted by Crippen LogP contribution is -2.39. The van der Waals surface area contributed by atoms with Crippen molar-refractivity contribution in [3.8, 4) is 0 Å². The molecule has 8 heteroatoms. The number of guanidine groups is 1. The van der Waals surface area contributed by atoms with Crippen LogP contribution in [0, 0.1) is 6.92 Å². The van der Waals surface area contributed by atoms with Crippen LogP contribution in [0.5, 0.6) is 0 Å². The molecule has 0 aliphatic rings. The van der Waals surface area contributed by atoms with E-state index in [0.717, 1.165) is 37.6 Å². The Morgan fingerprint density at radius 3 is 2.67 bits per heavy atom. The molecule has 150 valence electrons. The van der Waals surface area contributed by atoms with E-state index in [9.17, 15) is 4.79 Å². The predicted octanol–water partition coefficient (Wildman–Crippen LogP) is 3.75. The van der Waals surface area contributed by atoms with E-state index < -0.39 is 0 Å². The third-order valence-corrected chi connectivity index (χ3v) is 5.00. The maximum Gasteiger partial charge on any atom is 0.287 e. The van der Waals surface area contributed by atoms with Gasteiger partial charge in [0.1, 0.15) is 0 Å². The minimum absolute atomic E-state index is 0. The molecule has 1 unspecified atom stereocenters. The summed E-state index contributed by atoms with van der Waals surface area (Å²) in [5.74, 6) is 1.43. The van der Waals surface area contributed by atoms with Crippen LogP contribution in [0.2, 0.25) is 0 Å². The van der Waals surface area contributed by atoms with Gasteiger partial charge in [-0.05, 0) is 37.8 Å². The normalized spacial score (nSPS) is 12.2. The van der Waals surface area contributed by atoms with Crippen molar-refractivity contribution in [2.75, 3.05) is 26.2 Å². The van der Waals surface area contributed by atoms with Crippen molar-refractivity contribution in [1.29, 1.82) is 0 Å². The van der Waals surface area contributed by atoms with Gasteiger partial charge in [-0.25, -0.2) is 0 Å². The zero-order valence-electron chi connectivity index (χ0n) is 16.1. The van der Waals surface area contributed by atoms with Crippen LogP contribution in [0.25, 0.3) is 0 Å². The third-order valence-electron chi connectivity index (χ3n) is 3.90. The first-order chi connectivity index (χ1) is 12.6. The second kappa shape index (κ2) is 12.8. The first-order valence-electron chi connectivity index (χ1n) is 8.99. The highest BCUT2D eigenvalue weighted by Gasteiger charge is 2.11. The lowest BCUT2D eigenvalue weighted by atomic mass is 10.1. The van der Waals surface area contributed by atoms with E-state index in [2.05, 4.69) is 45.4 Å². The number of aryl methyl sites for hydroxylation is 1. The molecule has 0 aliphatic heterocycles. The zero-order chi connectivity index (χ0) is 18.8. The van der Waals surface area contributed by atoms with Crippen LogP contribution in [0.4, 0.5) is 0 Å². The van der Waals surface area contributed by atoms with Crippen LogP contribution < -0.4 is 16.0 Å². The van der Waals surface area contributed by atoms with Crippen LogP contribution in [-0.2, 0) is 0 Å². The number of nitrogens with one attached hydrogen (secondary N) is 3. The SMILES string of the molecule is CCNC(=NCC(C)c1cccs1)NCCCNC(=O)c1occc1C.I. The van der Waals surface area contributed by atoms with E-state index in [1.54, 1.807) is 17.4 Å². The molecule has 0 saturated heterocycles. The molecule has 2 aromatic heterocycles. The molecule has 1 atom stereocenters. The Morgan fingerprint density at radius 2 is 2.04 bits per heavy atom. The standard InChI is InChI=1S/C19H28N4O2S.HI/c1-4-20-19(23-13-15(3)16-7-5-12-26-16)22-10-6-9-21-18(24)17-14(2)8-11-25-17;/h5,7-8,11-12,15H,4,6,9-10,13H2,1-3H3,(H,21,24)(H2,20,22,23);1H. The van der Waals surface area contributed by atoms with Crippen molar-refractivity contribution in [2.45, 2.75) is 33.1 Å². The van der Waals surface area contributed by atoms with E-state index in [0.29, 0.717) is 18.2 Å². The number of halogens is 1. The average Bonchev–Trinajstić information content (AvgIpc) is 3.30. The van der Waals surface area contributed by atoms with E-state index >= 15 is 0 Å². The molecule has 2 rings (SSSR count). The first-order valence-corrected chi connectivity index (χ1v) is 9.87. The molecule has 1 amide bonds. The number of aliphatic imine (C=N–C) groups is 1. The molecular formula is C19H29IN4O2S.